The van der Waals surface area contributed by atoms with Crippen LogP contribution >= 0.6 is 11.3 Å². The molecule has 7 nitrogen and oxygen atoms in total. The van der Waals surface area contributed by atoms with Crippen LogP contribution in [0.25, 0.3) is 0 Å². The summed E-state index contributed by atoms with van der Waals surface area (Å²) in [5.74, 6) is -0.869. The van der Waals surface area contributed by atoms with Gasteiger partial charge in [0.2, 0.25) is 5.13 Å². The summed E-state index contributed by atoms with van der Waals surface area (Å²) in [4.78, 5) is 9.99. The number of aromatic nitrogens is 2. The van der Waals surface area contributed by atoms with Gasteiger partial charge in [0.1, 0.15) is 6.61 Å². The summed E-state index contributed by atoms with van der Waals surface area (Å²) in [6.45, 7) is 1.51. The van der Waals surface area contributed by atoms with E-state index in [2.05, 4.69) is 10.2 Å². The molecule has 19 heavy (non-hydrogen) atoms. The van der Waals surface area contributed by atoms with E-state index in [0.29, 0.717) is 15.7 Å². The van der Waals surface area contributed by atoms with Crippen molar-refractivity contribution in [2.45, 2.75) is 13.5 Å². The molecule has 0 atom stereocenters. The fourth-order valence-corrected chi connectivity index (χ4v) is 1.94. The molecule has 2 aromatic rings. The quantitative estimate of drug-likeness (QED) is 0.680. The van der Waals surface area contributed by atoms with Crippen LogP contribution < -0.4 is 10.5 Å². The Labute approximate surface area is 111 Å². The molecular weight excluding hydrogens is 275 g/mol. The molecule has 9 heteroatoms. The molecule has 0 aliphatic carbocycles. The lowest BCUT2D eigenvalue weighted by atomic mass is 10.2. The van der Waals surface area contributed by atoms with Crippen LogP contribution in [0.15, 0.2) is 12.1 Å². The molecule has 0 radical (unpaired) electrons. The van der Waals surface area contributed by atoms with Crippen molar-refractivity contribution >= 4 is 22.2 Å². The first kappa shape index (κ1) is 13.1. The highest BCUT2D eigenvalue weighted by Gasteiger charge is 2.16. The van der Waals surface area contributed by atoms with Crippen molar-refractivity contribution in [1.82, 2.24) is 10.2 Å². The molecule has 2 rings (SSSR count). The van der Waals surface area contributed by atoms with E-state index >= 15 is 0 Å². The van der Waals surface area contributed by atoms with Gasteiger partial charge in [0.25, 0.3) is 5.69 Å². The molecule has 2 N–H and O–H groups in total. The number of nitrogen functional groups attached to an aromatic ring is 1. The van der Waals surface area contributed by atoms with Crippen LogP contribution in [0.5, 0.6) is 5.75 Å². The topological polar surface area (TPSA) is 104 Å². The molecule has 0 spiro atoms. The highest BCUT2D eigenvalue weighted by molar-refractivity contribution is 7.15. The first-order chi connectivity index (χ1) is 8.97. The molecule has 0 bridgehead atoms. The maximum atomic E-state index is 13.6. The maximum absolute atomic E-state index is 13.6. The average Bonchev–Trinajstić information content (AvgIpc) is 2.75. The predicted molar refractivity (Wildman–Crippen MR) is 66.4 cm³/mol. The monoisotopic (exact) mass is 284 g/mol. The van der Waals surface area contributed by atoms with E-state index in [1.54, 1.807) is 0 Å². The summed E-state index contributed by atoms with van der Waals surface area (Å²) in [6, 6.07) is 2.11. The van der Waals surface area contributed by atoms with Crippen molar-refractivity contribution in [3.05, 3.63) is 38.6 Å². The standard InChI is InChI=1S/C10H9FN4O3S/c1-5-2-8(6(11)3-7(5)15(16)17)18-4-9-13-14-10(12)19-9/h2-3H,4H2,1H3,(H2,12,14). The number of benzene rings is 1. The second-order valence-corrected chi connectivity index (χ2v) is 4.74. The van der Waals surface area contributed by atoms with E-state index in [-0.39, 0.29) is 18.0 Å². The number of nitrogens with zero attached hydrogens (tertiary/aromatic N) is 3. The summed E-state index contributed by atoms with van der Waals surface area (Å²) >= 11 is 1.12. The average molecular weight is 284 g/mol. The lowest BCUT2D eigenvalue weighted by Gasteiger charge is -2.06. The van der Waals surface area contributed by atoms with E-state index in [0.717, 1.165) is 17.4 Å². The van der Waals surface area contributed by atoms with Gasteiger partial charge in [-0.1, -0.05) is 11.3 Å². The van der Waals surface area contributed by atoms with Gasteiger partial charge < -0.3 is 10.5 Å². The van der Waals surface area contributed by atoms with Gasteiger partial charge in [0.15, 0.2) is 16.6 Å². The normalized spacial score (nSPS) is 10.4. The number of hydrogen-bond donors (Lipinski definition) is 1. The third-order valence-corrected chi connectivity index (χ3v) is 3.01. The van der Waals surface area contributed by atoms with Crippen LogP contribution in [0.3, 0.4) is 0 Å². The summed E-state index contributed by atoms with van der Waals surface area (Å²) in [5.41, 5.74) is 5.43. The lowest BCUT2D eigenvalue weighted by molar-refractivity contribution is -0.385. The van der Waals surface area contributed by atoms with E-state index in [4.69, 9.17) is 10.5 Å². The minimum Gasteiger partial charge on any atom is -0.483 e. The minimum absolute atomic E-state index is 0.00301. The zero-order valence-electron chi connectivity index (χ0n) is 9.79. The van der Waals surface area contributed by atoms with E-state index in [1.807, 2.05) is 0 Å². The first-order valence-corrected chi connectivity index (χ1v) is 5.94. The largest absolute Gasteiger partial charge is 0.483 e. The fraction of sp³-hybridized carbons (Fsp3) is 0.200. The van der Waals surface area contributed by atoms with Crippen LogP contribution in [0.2, 0.25) is 0 Å². The van der Waals surface area contributed by atoms with Gasteiger partial charge >= 0.3 is 0 Å². The summed E-state index contributed by atoms with van der Waals surface area (Å²) < 4.78 is 18.8. The molecule has 0 saturated carbocycles. The molecular formula is C10H9FN4O3S. The zero-order valence-corrected chi connectivity index (χ0v) is 10.6. The molecule has 1 aromatic heterocycles. The van der Waals surface area contributed by atoms with E-state index in [9.17, 15) is 14.5 Å². The number of ether oxygens (including phenoxy) is 1. The zero-order chi connectivity index (χ0) is 14.0. The Bertz CT molecular complexity index is 631. The number of hydrogen-bond acceptors (Lipinski definition) is 7. The number of nitrogens with two attached hydrogens (primary N) is 1. The van der Waals surface area contributed by atoms with Crippen LogP contribution in [0, 0.1) is 22.9 Å². The number of aryl methyl sites for hydroxylation is 1. The number of nitro groups is 1. The third kappa shape index (κ3) is 2.94. The van der Waals surface area contributed by atoms with E-state index < -0.39 is 10.7 Å². The van der Waals surface area contributed by atoms with Crippen molar-refractivity contribution < 1.29 is 14.1 Å². The Balaban J connectivity index is 2.17. The second kappa shape index (κ2) is 5.14. The first-order valence-electron chi connectivity index (χ1n) is 5.12. The Hall–Kier alpha value is -2.29. The summed E-state index contributed by atoms with van der Waals surface area (Å²) in [7, 11) is 0. The van der Waals surface area contributed by atoms with Crippen molar-refractivity contribution in [3.63, 3.8) is 0 Å². The molecule has 0 fully saturated rings. The number of anilines is 1. The van der Waals surface area contributed by atoms with Gasteiger partial charge in [0.05, 0.1) is 11.0 Å². The Kier molecular flexibility index (Phi) is 3.56. The molecule has 100 valence electrons. The van der Waals surface area contributed by atoms with Crippen molar-refractivity contribution in [2.24, 2.45) is 0 Å². The van der Waals surface area contributed by atoms with Gasteiger partial charge in [0, 0.05) is 5.56 Å². The van der Waals surface area contributed by atoms with Crippen molar-refractivity contribution in [1.29, 1.82) is 0 Å². The van der Waals surface area contributed by atoms with Crippen LogP contribution in [-0.2, 0) is 6.61 Å². The Morgan fingerprint density at radius 3 is 2.84 bits per heavy atom. The number of nitro benzene ring substituents is 1. The molecule has 0 amide bonds. The highest BCUT2D eigenvalue weighted by atomic mass is 32.1. The third-order valence-electron chi connectivity index (χ3n) is 2.28. The number of rotatable bonds is 4. The molecule has 0 saturated heterocycles. The molecule has 1 heterocycles. The maximum Gasteiger partial charge on any atom is 0.275 e. The minimum atomic E-state index is -0.796. The Morgan fingerprint density at radius 1 is 1.53 bits per heavy atom. The SMILES string of the molecule is Cc1cc(OCc2nnc(N)s2)c(F)cc1[N+](=O)[O-]. The van der Waals surface area contributed by atoms with Gasteiger partial charge in [-0.15, -0.1) is 10.2 Å². The lowest BCUT2D eigenvalue weighted by Crippen LogP contribution is -2.00. The number of halogens is 1. The highest BCUT2D eigenvalue weighted by Crippen LogP contribution is 2.27. The van der Waals surface area contributed by atoms with Crippen molar-refractivity contribution in [2.75, 3.05) is 5.73 Å². The van der Waals surface area contributed by atoms with Crippen LogP contribution in [-0.4, -0.2) is 15.1 Å². The smallest absolute Gasteiger partial charge is 0.275 e. The molecule has 0 unspecified atom stereocenters. The van der Waals surface area contributed by atoms with Gasteiger partial charge in [-0.05, 0) is 13.0 Å². The summed E-state index contributed by atoms with van der Waals surface area (Å²) in [6.07, 6.45) is 0. The van der Waals surface area contributed by atoms with Gasteiger partial charge in [-0.3, -0.25) is 10.1 Å². The molecule has 0 aliphatic heterocycles. The fourth-order valence-electron chi connectivity index (χ4n) is 1.42. The van der Waals surface area contributed by atoms with Gasteiger partial charge in [-0.25, -0.2) is 4.39 Å². The molecule has 0 aliphatic rings. The van der Waals surface area contributed by atoms with Crippen molar-refractivity contribution in [3.8, 4) is 5.75 Å². The summed E-state index contributed by atoms with van der Waals surface area (Å²) in [5, 5.41) is 18.7. The Morgan fingerprint density at radius 2 is 2.26 bits per heavy atom. The molecule has 1 aromatic carbocycles. The predicted octanol–water partition coefficient (Wildman–Crippen LogP) is 2.06. The van der Waals surface area contributed by atoms with Crippen LogP contribution in [0.1, 0.15) is 10.6 Å². The van der Waals surface area contributed by atoms with E-state index in [1.165, 1.54) is 13.0 Å². The van der Waals surface area contributed by atoms with Gasteiger partial charge in [-0.2, -0.15) is 0 Å². The second-order valence-electron chi connectivity index (χ2n) is 3.65. The van der Waals surface area contributed by atoms with Crippen LogP contribution in [0.4, 0.5) is 15.2 Å².